The Kier molecular flexibility index (Phi) is 5.39. The van der Waals surface area contributed by atoms with Gasteiger partial charge in [0.25, 0.3) is 0 Å². The summed E-state index contributed by atoms with van der Waals surface area (Å²) in [7, 11) is 0. The van der Waals surface area contributed by atoms with Gasteiger partial charge in [0.1, 0.15) is 5.82 Å². The Morgan fingerprint density at radius 3 is 2.71 bits per heavy atom. The Hall–Kier alpha value is -1.81. The number of halogens is 1. The Morgan fingerprint density at radius 1 is 1.24 bits per heavy atom. The SMILES string of the molecule is CCC(C)Nc1nc(C)cc(NCc2ccccc2Cl)n1. The standard InChI is InChI=1S/C16H21ClN4/c1-4-11(2)19-16-20-12(3)9-15(21-16)18-10-13-7-5-6-8-14(13)17/h5-9,11H,4,10H2,1-3H3,(H2,18,19,20,21). The Bertz CT molecular complexity index is 601. The lowest BCUT2D eigenvalue weighted by molar-refractivity contribution is 0.751. The lowest BCUT2D eigenvalue weighted by Gasteiger charge is -2.13. The molecule has 2 N–H and O–H groups in total. The van der Waals surface area contributed by atoms with E-state index in [2.05, 4.69) is 34.4 Å². The van der Waals surface area contributed by atoms with E-state index in [1.54, 1.807) is 0 Å². The second-order valence-electron chi connectivity index (χ2n) is 5.12. The Labute approximate surface area is 131 Å². The smallest absolute Gasteiger partial charge is 0.225 e. The number of benzene rings is 1. The molecule has 5 heteroatoms. The molecule has 0 saturated heterocycles. The van der Waals surface area contributed by atoms with Crippen molar-refractivity contribution in [1.82, 2.24) is 9.97 Å². The quantitative estimate of drug-likeness (QED) is 0.837. The molecule has 4 nitrogen and oxygen atoms in total. The van der Waals surface area contributed by atoms with Crippen LogP contribution in [0.15, 0.2) is 30.3 Å². The summed E-state index contributed by atoms with van der Waals surface area (Å²) in [6, 6.07) is 10.1. The van der Waals surface area contributed by atoms with Gasteiger partial charge in [-0.2, -0.15) is 4.98 Å². The molecule has 0 aliphatic heterocycles. The topological polar surface area (TPSA) is 49.8 Å². The average molecular weight is 305 g/mol. The van der Waals surface area contributed by atoms with E-state index in [-0.39, 0.29) is 0 Å². The zero-order valence-electron chi connectivity index (χ0n) is 12.7. The molecule has 1 aromatic heterocycles. The van der Waals surface area contributed by atoms with Gasteiger partial charge in [-0.25, -0.2) is 4.98 Å². The van der Waals surface area contributed by atoms with Crippen LogP contribution in [0.3, 0.4) is 0 Å². The molecule has 0 radical (unpaired) electrons. The van der Waals surface area contributed by atoms with Gasteiger partial charge in [0.05, 0.1) is 0 Å². The van der Waals surface area contributed by atoms with Crippen molar-refractivity contribution >= 4 is 23.4 Å². The number of hydrogen-bond donors (Lipinski definition) is 2. The molecule has 2 rings (SSSR count). The van der Waals surface area contributed by atoms with Crippen molar-refractivity contribution in [3.63, 3.8) is 0 Å². The zero-order chi connectivity index (χ0) is 15.2. The minimum atomic E-state index is 0.350. The molecule has 1 unspecified atom stereocenters. The third-order valence-corrected chi connectivity index (χ3v) is 3.63. The van der Waals surface area contributed by atoms with Gasteiger partial charge in [-0.15, -0.1) is 0 Å². The lowest BCUT2D eigenvalue weighted by Crippen LogP contribution is -2.16. The van der Waals surface area contributed by atoms with Crippen molar-refractivity contribution in [3.05, 3.63) is 46.6 Å². The molecule has 1 aromatic carbocycles. The summed E-state index contributed by atoms with van der Waals surface area (Å²) in [5, 5.41) is 7.35. The van der Waals surface area contributed by atoms with Crippen molar-refractivity contribution in [2.24, 2.45) is 0 Å². The van der Waals surface area contributed by atoms with Gasteiger partial charge < -0.3 is 10.6 Å². The van der Waals surface area contributed by atoms with E-state index in [9.17, 15) is 0 Å². The fraction of sp³-hybridized carbons (Fsp3) is 0.375. The number of hydrogen-bond acceptors (Lipinski definition) is 4. The molecule has 0 aliphatic rings. The van der Waals surface area contributed by atoms with Crippen LogP contribution in [0.1, 0.15) is 31.5 Å². The molecule has 2 aromatic rings. The molecule has 0 fully saturated rings. The number of nitrogens with one attached hydrogen (secondary N) is 2. The highest BCUT2D eigenvalue weighted by Gasteiger charge is 2.06. The van der Waals surface area contributed by atoms with Crippen LogP contribution in [0.5, 0.6) is 0 Å². The molecule has 112 valence electrons. The zero-order valence-corrected chi connectivity index (χ0v) is 13.4. The molecule has 0 amide bonds. The van der Waals surface area contributed by atoms with Crippen LogP contribution in [0.2, 0.25) is 5.02 Å². The van der Waals surface area contributed by atoms with E-state index in [0.717, 1.165) is 28.5 Å². The number of nitrogens with zero attached hydrogens (tertiary/aromatic N) is 2. The minimum Gasteiger partial charge on any atom is -0.366 e. The van der Waals surface area contributed by atoms with Crippen LogP contribution >= 0.6 is 11.6 Å². The summed E-state index contributed by atoms with van der Waals surface area (Å²) >= 11 is 6.16. The third kappa shape index (κ3) is 4.60. The first-order valence-electron chi connectivity index (χ1n) is 7.18. The maximum atomic E-state index is 6.16. The van der Waals surface area contributed by atoms with Crippen LogP contribution in [0, 0.1) is 6.92 Å². The van der Waals surface area contributed by atoms with Gasteiger partial charge in [-0.1, -0.05) is 36.7 Å². The highest BCUT2D eigenvalue weighted by molar-refractivity contribution is 6.31. The Balaban J connectivity index is 2.08. The molecule has 0 bridgehead atoms. The molecule has 0 spiro atoms. The summed E-state index contributed by atoms with van der Waals surface area (Å²) in [6.45, 7) is 6.84. The minimum absolute atomic E-state index is 0.350. The highest BCUT2D eigenvalue weighted by Crippen LogP contribution is 2.17. The van der Waals surface area contributed by atoms with Crippen molar-refractivity contribution < 1.29 is 0 Å². The van der Waals surface area contributed by atoms with E-state index < -0.39 is 0 Å². The van der Waals surface area contributed by atoms with Crippen molar-refractivity contribution in [2.45, 2.75) is 39.8 Å². The predicted molar refractivity (Wildman–Crippen MR) is 88.9 cm³/mol. The monoisotopic (exact) mass is 304 g/mol. The van der Waals surface area contributed by atoms with Crippen LogP contribution in [-0.4, -0.2) is 16.0 Å². The molecular formula is C16H21ClN4. The lowest BCUT2D eigenvalue weighted by atomic mass is 10.2. The number of rotatable bonds is 6. The van der Waals surface area contributed by atoms with Gasteiger partial charge in [0.2, 0.25) is 5.95 Å². The number of anilines is 2. The molecule has 0 saturated carbocycles. The predicted octanol–water partition coefficient (Wildman–Crippen LogP) is 4.26. The number of aryl methyl sites for hydroxylation is 1. The molecule has 1 heterocycles. The van der Waals surface area contributed by atoms with Gasteiger partial charge in [0, 0.05) is 29.4 Å². The maximum Gasteiger partial charge on any atom is 0.225 e. The van der Waals surface area contributed by atoms with E-state index in [1.165, 1.54) is 0 Å². The summed E-state index contributed by atoms with van der Waals surface area (Å²) < 4.78 is 0. The summed E-state index contributed by atoms with van der Waals surface area (Å²) in [4.78, 5) is 8.90. The van der Waals surface area contributed by atoms with Crippen LogP contribution in [0.25, 0.3) is 0 Å². The largest absolute Gasteiger partial charge is 0.366 e. The van der Waals surface area contributed by atoms with E-state index in [0.29, 0.717) is 18.5 Å². The number of aromatic nitrogens is 2. The summed E-state index contributed by atoms with van der Waals surface area (Å²) in [6.07, 6.45) is 1.03. The molecule has 0 aliphatic carbocycles. The molecule has 1 atom stereocenters. The highest BCUT2D eigenvalue weighted by atomic mass is 35.5. The van der Waals surface area contributed by atoms with Crippen molar-refractivity contribution in [1.29, 1.82) is 0 Å². The first-order valence-corrected chi connectivity index (χ1v) is 7.55. The van der Waals surface area contributed by atoms with E-state index >= 15 is 0 Å². The summed E-state index contributed by atoms with van der Waals surface area (Å²) in [5.74, 6) is 1.46. The maximum absolute atomic E-state index is 6.16. The van der Waals surface area contributed by atoms with Crippen LogP contribution in [-0.2, 0) is 6.54 Å². The average Bonchev–Trinajstić information content (AvgIpc) is 2.45. The first-order chi connectivity index (χ1) is 10.1. The van der Waals surface area contributed by atoms with Crippen molar-refractivity contribution in [3.8, 4) is 0 Å². The Morgan fingerprint density at radius 2 is 2.00 bits per heavy atom. The summed E-state index contributed by atoms with van der Waals surface area (Å²) in [5.41, 5.74) is 1.98. The third-order valence-electron chi connectivity index (χ3n) is 3.26. The first kappa shape index (κ1) is 15.6. The van der Waals surface area contributed by atoms with E-state index in [1.807, 2.05) is 37.3 Å². The van der Waals surface area contributed by atoms with Gasteiger partial charge >= 0.3 is 0 Å². The second kappa shape index (κ2) is 7.27. The van der Waals surface area contributed by atoms with Crippen molar-refractivity contribution in [2.75, 3.05) is 10.6 Å². The van der Waals surface area contributed by atoms with Crippen LogP contribution in [0.4, 0.5) is 11.8 Å². The van der Waals surface area contributed by atoms with Crippen LogP contribution < -0.4 is 10.6 Å². The van der Waals surface area contributed by atoms with Gasteiger partial charge in [-0.05, 0) is 31.9 Å². The molecule has 21 heavy (non-hydrogen) atoms. The van der Waals surface area contributed by atoms with Gasteiger partial charge in [-0.3, -0.25) is 0 Å². The fourth-order valence-corrected chi connectivity index (χ4v) is 2.08. The fourth-order valence-electron chi connectivity index (χ4n) is 1.87. The second-order valence-corrected chi connectivity index (χ2v) is 5.52. The van der Waals surface area contributed by atoms with Gasteiger partial charge in [0.15, 0.2) is 0 Å². The molecular weight excluding hydrogens is 284 g/mol. The normalized spacial score (nSPS) is 12.0. The van der Waals surface area contributed by atoms with E-state index in [4.69, 9.17) is 11.6 Å².